The van der Waals surface area contributed by atoms with Gasteiger partial charge in [0.1, 0.15) is 0 Å². The number of nitrogens with zero attached hydrogens (tertiary/aromatic N) is 2. The first kappa shape index (κ1) is 13.2. The van der Waals surface area contributed by atoms with Crippen LogP contribution in [0, 0.1) is 0 Å². The molecule has 0 saturated carbocycles. The van der Waals surface area contributed by atoms with Gasteiger partial charge in [-0.1, -0.05) is 12.1 Å². The standard InChI is InChI=1S/C14H16N4OS/c1-20-12-5-3-2-4-11(12)14(19)16-13-6-7-18(17-13)10-8-15-9-10/h2-7,10,15H,8-9H2,1H3,(H,16,17,19). The highest BCUT2D eigenvalue weighted by Gasteiger charge is 2.20. The highest BCUT2D eigenvalue weighted by molar-refractivity contribution is 7.98. The van der Waals surface area contributed by atoms with Gasteiger partial charge >= 0.3 is 0 Å². The number of nitrogens with one attached hydrogen (secondary N) is 2. The summed E-state index contributed by atoms with van der Waals surface area (Å²) in [6.07, 6.45) is 3.87. The second kappa shape index (κ2) is 5.68. The Bertz CT molecular complexity index is 621. The molecule has 20 heavy (non-hydrogen) atoms. The largest absolute Gasteiger partial charge is 0.312 e. The monoisotopic (exact) mass is 288 g/mol. The zero-order valence-corrected chi connectivity index (χ0v) is 12.0. The summed E-state index contributed by atoms with van der Waals surface area (Å²) in [5.74, 6) is 0.477. The molecule has 0 bridgehead atoms. The Kier molecular flexibility index (Phi) is 3.75. The minimum Gasteiger partial charge on any atom is -0.312 e. The molecule has 1 fully saturated rings. The normalized spacial score (nSPS) is 14.8. The molecule has 1 amide bonds. The average molecular weight is 288 g/mol. The number of benzene rings is 1. The van der Waals surface area contributed by atoms with Gasteiger partial charge in [-0.05, 0) is 18.4 Å². The average Bonchev–Trinajstić information content (AvgIpc) is 2.84. The van der Waals surface area contributed by atoms with E-state index in [1.165, 1.54) is 0 Å². The second-order valence-electron chi connectivity index (χ2n) is 4.65. The predicted octanol–water partition coefficient (Wildman–Crippen LogP) is 2.00. The molecular weight excluding hydrogens is 272 g/mol. The van der Waals surface area contributed by atoms with Crippen LogP contribution in [0.5, 0.6) is 0 Å². The molecule has 1 aromatic heterocycles. The van der Waals surface area contributed by atoms with Crippen molar-refractivity contribution in [3.8, 4) is 0 Å². The van der Waals surface area contributed by atoms with E-state index in [0.29, 0.717) is 17.4 Å². The van der Waals surface area contributed by atoms with E-state index < -0.39 is 0 Å². The summed E-state index contributed by atoms with van der Waals surface area (Å²) in [5.41, 5.74) is 0.680. The second-order valence-corrected chi connectivity index (χ2v) is 5.50. The maximum absolute atomic E-state index is 12.3. The molecule has 1 aliphatic heterocycles. The number of anilines is 1. The van der Waals surface area contributed by atoms with Crippen molar-refractivity contribution in [2.24, 2.45) is 0 Å². The summed E-state index contributed by atoms with van der Waals surface area (Å²) in [7, 11) is 0. The Morgan fingerprint density at radius 2 is 2.20 bits per heavy atom. The van der Waals surface area contributed by atoms with Crippen LogP contribution in [0.2, 0.25) is 0 Å². The van der Waals surface area contributed by atoms with Crippen LogP contribution in [0.1, 0.15) is 16.4 Å². The van der Waals surface area contributed by atoms with Gasteiger partial charge in [0.05, 0.1) is 11.6 Å². The van der Waals surface area contributed by atoms with Crippen LogP contribution in [0.4, 0.5) is 5.82 Å². The van der Waals surface area contributed by atoms with Gasteiger partial charge in [0.2, 0.25) is 0 Å². The Balaban J connectivity index is 1.73. The van der Waals surface area contributed by atoms with E-state index in [9.17, 15) is 4.79 Å². The Morgan fingerprint density at radius 3 is 2.90 bits per heavy atom. The third-order valence-electron chi connectivity index (χ3n) is 3.34. The Labute approximate surface area is 121 Å². The molecule has 0 spiro atoms. The Hall–Kier alpha value is -1.79. The highest BCUT2D eigenvalue weighted by Crippen LogP contribution is 2.21. The van der Waals surface area contributed by atoms with Crippen molar-refractivity contribution in [2.45, 2.75) is 10.9 Å². The van der Waals surface area contributed by atoms with Gasteiger partial charge in [0.15, 0.2) is 5.82 Å². The van der Waals surface area contributed by atoms with Gasteiger partial charge in [-0.3, -0.25) is 9.48 Å². The molecule has 0 atom stereocenters. The van der Waals surface area contributed by atoms with Crippen molar-refractivity contribution in [1.82, 2.24) is 15.1 Å². The number of hydrogen-bond acceptors (Lipinski definition) is 4. The van der Waals surface area contributed by atoms with Gasteiger partial charge in [-0.15, -0.1) is 11.8 Å². The van der Waals surface area contributed by atoms with Crippen LogP contribution in [-0.2, 0) is 0 Å². The lowest BCUT2D eigenvalue weighted by Gasteiger charge is -2.27. The first-order valence-corrected chi connectivity index (χ1v) is 7.70. The maximum Gasteiger partial charge on any atom is 0.257 e. The molecule has 0 unspecified atom stereocenters. The fourth-order valence-corrected chi connectivity index (χ4v) is 2.68. The molecule has 2 heterocycles. The number of rotatable bonds is 4. The van der Waals surface area contributed by atoms with Crippen molar-refractivity contribution in [3.05, 3.63) is 42.1 Å². The van der Waals surface area contributed by atoms with E-state index in [2.05, 4.69) is 15.7 Å². The van der Waals surface area contributed by atoms with E-state index in [-0.39, 0.29) is 5.91 Å². The zero-order valence-electron chi connectivity index (χ0n) is 11.2. The lowest BCUT2D eigenvalue weighted by atomic mass is 10.2. The van der Waals surface area contributed by atoms with Crippen LogP contribution in [0.15, 0.2) is 41.4 Å². The van der Waals surface area contributed by atoms with Crippen molar-refractivity contribution in [2.75, 3.05) is 24.7 Å². The van der Waals surface area contributed by atoms with Gasteiger partial charge in [0, 0.05) is 30.2 Å². The maximum atomic E-state index is 12.3. The quantitative estimate of drug-likeness (QED) is 0.845. The molecule has 3 rings (SSSR count). The van der Waals surface area contributed by atoms with Gasteiger partial charge in [-0.2, -0.15) is 5.10 Å². The number of carbonyl (C=O) groups excluding carboxylic acids is 1. The summed E-state index contributed by atoms with van der Waals surface area (Å²) in [6.45, 7) is 1.87. The predicted molar refractivity (Wildman–Crippen MR) is 80.3 cm³/mol. The number of carbonyl (C=O) groups is 1. The van der Waals surface area contributed by atoms with E-state index in [1.807, 2.05) is 47.5 Å². The van der Waals surface area contributed by atoms with Crippen molar-refractivity contribution in [1.29, 1.82) is 0 Å². The number of amides is 1. The molecule has 6 heteroatoms. The summed E-state index contributed by atoms with van der Waals surface area (Å²) in [6, 6.07) is 9.80. The van der Waals surface area contributed by atoms with E-state index in [1.54, 1.807) is 11.8 Å². The van der Waals surface area contributed by atoms with Crippen molar-refractivity contribution in [3.63, 3.8) is 0 Å². The fraction of sp³-hybridized carbons (Fsp3) is 0.286. The highest BCUT2D eigenvalue weighted by atomic mass is 32.2. The number of thioether (sulfide) groups is 1. The molecule has 0 radical (unpaired) electrons. The summed E-state index contributed by atoms with van der Waals surface area (Å²) in [5, 5.41) is 10.4. The van der Waals surface area contributed by atoms with Crippen LogP contribution in [0.25, 0.3) is 0 Å². The minimum atomic E-state index is -0.119. The lowest BCUT2D eigenvalue weighted by Crippen LogP contribution is -2.43. The Morgan fingerprint density at radius 1 is 1.40 bits per heavy atom. The van der Waals surface area contributed by atoms with Crippen LogP contribution in [-0.4, -0.2) is 35.0 Å². The molecule has 104 valence electrons. The molecule has 2 aromatic rings. The first-order chi connectivity index (χ1) is 9.78. The third-order valence-corrected chi connectivity index (χ3v) is 4.13. The van der Waals surface area contributed by atoms with Crippen LogP contribution >= 0.6 is 11.8 Å². The van der Waals surface area contributed by atoms with Crippen LogP contribution < -0.4 is 10.6 Å². The summed E-state index contributed by atoms with van der Waals surface area (Å²) in [4.78, 5) is 13.2. The first-order valence-electron chi connectivity index (χ1n) is 6.48. The molecular formula is C14H16N4OS. The van der Waals surface area contributed by atoms with Gasteiger partial charge < -0.3 is 10.6 Å². The van der Waals surface area contributed by atoms with Crippen molar-refractivity contribution >= 4 is 23.5 Å². The van der Waals surface area contributed by atoms with Gasteiger partial charge in [-0.25, -0.2) is 0 Å². The smallest absolute Gasteiger partial charge is 0.257 e. The molecule has 2 N–H and O–H groups in total. The van der Waals surface area contributed by atoms with Crippen LogP contribution in [0.3, 0.4) is 0 Å². The molecule has 1 saturated heterocycles. The lowest BCUT2D eigenvalue weighted by molar-refractivity contribution is 0.102. The van der Waals surface area contributed by atoms with Crippen molar-refractivity contribution < 1.29 is 4.79 Å². The molecule has 1 aromatic carbocycles. The minimum absolute atomic E-state index is 0.119. The van der Waals surface area contributed by atoms with Gasteiger partial charge in [0.25, 0.3) is 5.91 Å². The summed E-state index contributed by atoms with van der Waals surface area (Å²) < 4.78 is 1.90. The number of hydrogen-bond donors (Lipinski definition) is 2. The van der Waals surface area contributed by atoms with E-state index in [0.717, 1.165) is 18.0 Å². The topological polar surface area (TPSA) is 59.0 Å². The summed E-state index contributed by atoms with van der Waals surface area (Å²) >= 11 is 1.56. The molecule has 5 nitrogen and oxygen atoms in total. The SMILES string of the molecule is CSc1ccccc1C(=O)Nc1ccn(C2CNC2)n1. The van der Waals surface area contributed by atoms with E-state index in [4.69, 9.17) is 0 Å². The fourth-order valence-electron chi connectivity index (χ4n) is 2.08. The third kappa shape index (κ3) is 2.57. The van der Waals surface area contributed by atoms with E-state index >= 15 is 0 Å². The molecule has 0 aliphatic carbocycles. The molecule has 1 aliphatic rings. The number of aromatic nitrogens is 2. The zero-order chi connectivity index (χ0) is 13.9.